The molecule has 2 fully saturated rings. The largest absolute Gasteiger partial charge is 0.481 e. The standard InChI is InChI=1S/C43H52Cl2N8O6/c1-50-32-12-20-52(19-4-3-11-35(54)55)24-30(32)47-36(50)38(56)46-28-8-5-7-27(23-28)29-9-6-10-34(43(29,44)45)49-39(57)37-48-31-25-53(21-13-33(31)51(37)2)22-18-41-14-16-42(26-41,17-15-41)40(58)59/h5-10,23,34H,3-4,11-22,24-26H2,1-2H3,(H,46,56)(H,49,57)(H,54,55)(H,58,59). The molecule has 0 spiro atoms. The molecule has 2 aromatic heterocycles. The normalized spacial score (nSPS) is 24.7. The van der Waals surface area contributed by atoms with E-state index in [1.54, 1.807) is 36.4 Å². The maximum Gasteiger partial charge on any atom is 0.309 e. The first-order valence-electron chi connectivity index (χ1n) is 20.7. The van der Waals surface area contributed by atoms with Crippen LogP contribution in [-0.4, -0.2) is 99.4 Å². The van der Waals surface area contributed by atoms with Crippen molar-refractivity contribution in [1.82, 2.24) is 34.2 Å². The Morgan fingerprint density at radius 2 is 1.51 bits per heavy atom. The lowest BCUT2D eigenvalue weighted by Gasteiger charge is -2.33. The number of carboxylic acids is 2. The molecule has 8 rings (SSSR count). The average molecular weight is 848 g/mol. The minimum Gasteiger partial charge on any atom is -0.481 e. The Balaban J connectivity index is 0.884. The molecule has 1 unspecified atom stereocenters. The van der Waals surface area contributed by atoms with E-state index in [0.29, 0.717) is 42.2 Å². The van der Waals surface area contributed by atoms with Gasteiger partial charge in [0.1, 0.15) is 0 Å². The van der Waals surface area contributed by atoms with Gasteiger partial charge in [-0.2, -0.15) is 0 Å². The number of unbranched alkanes of at least 4 members (excludes halogenated alkanes) is 1. The molecule has 0 saturated heterocycles. The van der Waals surface area contributed by atoms with Crippen molar-refractivity contribution in [2.75, 3.05) is 31.5 Å². The van der Waals surface area contributed by atoms with E-state index in [2.05, 4.69) is 20.4 Å². The average Bonchev–Trinajstić information content (AvgIpc) is 3.96. The van der Waals surface area contributed by atoms with Crippen LogP contribution in [0.25, 0.3) is 5.57 Å². The van der Waals surface area contributed by atoms with Crippen LogP contribution >= 0.6 is 23.2 Å². The highest BCUT2D eigenvalue weighted by Gasteiger charge is 2.57. The summed E-state index contributed by atoms with van der Waals surface area (Å²) in [6.07, 6.45) is 13.7. The summed E-state index contributed by atoms with van der Waals surface area (Å²) in [5, 5.41) is 24.8. The zero-order valence-corrected chi connectivity index (χ0v) is 35.1. The third kappa shape index (κ3) is 8.08. The van der Waals surface area contributed by atoms with Crippen LogP contribution < -0.4 is 10.6 Å². The van der Waals surface area contributed by atoms with Gasteiger partial charge in [0, 0.05) is 76.6 Å². The summed E-state index contributed by atoms with van der Waals surface area (Å²) in [5.41, 5.74) is 5.12. The van der Waals surface area contributed by atoms with Crippen LogP contribution in [0.5, 0.6) is 0 Å². The molecule has 1 atom stereocenters. The van der Waals surface area contributed by atoms with Crippen molar-refractivity contribution in [1.29, 1.82) is 0 Å². The summed E-state index contributed by atoms with van der Waals surface area (Å²) in [5.74, 6) is -1.58. The molecule has 16 heteroatoms. The number of aromatic nitrogens is 4. The number of amides is 2. The minimum atomic E-state index is -1.55. The summed E-state index contributed by atoms with van der Waals surface area (Å²) in [4.78, 5) is 64.4. The van der Waals surface area contributed by atoms with Crippen molar-refractivity contribution in [3.05, 3.63) is 82.5 Å². The van der Waals surface area contributed by atoms with Crippen LogP contribution in [0.2, 0.25) is 0 Å². The van der Waals surface area contributed by atoms with Gasteiger partial charge in [0.05, 0.1) is 22.8 Å². The van der Waals surface area contributed by atoms with Crippen molar-refractivity contribution in [3.63, 3.8) is 0 Å². The number of benzene rings is 1. The van der Waals surface area contributed by atoms with Crippen molar-refractivity contribution >= 4 is 58.2 Å². The summed E-state index contributed by atoms with van der Waals surface area (Å²) in [6.45, 7) is 4.56. The van der Waals surface area contributed by atoms with Crippen LogP contribution in [0.3, 0.4) is 0 Å². The molecule has 2 bridgehead atoms. The first-order valence-corrected chi connectivity index (χ1v) is 21.4. The Kier molecular flexibility index (Phi) is 11.3. The third-order valence-corrected chi connectivity index (χ3v) is 14.5. The van der Waals surface area contributed by atoms with E-state index in [1.165, 1.54) is 0 Å². The molecule has 3 aliphatic carbocycles. The fourth-order valence-corrected chi connectivity index (χ4v) is 10.8. The second-order valence-corrected chi connectivity index (χ2v) is 18.7. The van der Waals surface area contributed by atoms with Crippen LogP contribution in [0.4, 0.5) is 5.69 Å². The zero-order valence-electron chi connectivity index (χ0n) is 33.6. The molecule has 314 valence electrons. The van der Waals surface area contributed by atoms with E-state index in [1.807, 2.05) is 29.3 Å². The van der Waals surface area contributed by atoms with E-state index in [9.17, 15) is 24.3 Å². The molecular weight excluding hydrogens is 795 g/mol. The molecule has 2 amide bonds. The maximum atomic E-state index is 13.8. The first kappa shape index (κ1) is 41.2. The number of carboxylic acid groups (broad SMARTS) is 2. The van der Waals surface area contributed by atoms with E-state index in [-0.39, 0.29) is 23.6 Å². The molecule has 3 aromatic rings. The van der Waals surface area contributed by atoms with E-state index in [0.717, 1.165) is 107 Å². The van der Waals surface area contributed by atoms with Crippen LogP contribution in [0, 0.1) is 10.8 Å². The summed E-state index contributed by atoms with van der Waals surface area (Å²) >= 11 is 14.2. The number of anilines is 1. The molecule has 5 aliphatic rings. The molecule has 4 N–H and O–H groups in total. The van der Waals surface area contributed by atoms with Crippen molar-refractivity contribution < 1.29 is 29.4 Å². The fraction of sp³-hybridized carbons (Fsp3) is 0.535. The number of hydrogen-bond donors (Lipinski definition) is 4. The third-order valence-electron chi connectivity index (χ3n) is 13.6. The lowest BCUT2D eigenvalue weighted by atomic mass is 9.80. The number of imidazole rings is 2. The maximum absolute atomic E-state index is 13.8. The molecule has 59 heavy (non-hydrogen) atoms. The number of alkyl halides is 2. The molecule has 1 aromatic carbocycles. The summed E-state index contributed by atoms with van der Waals surface area (Å²) < 4.78 is 2.15. The molecule has 2 aliphatic heterocycles. The SMILES string of the molecule is Cn1c(C(=O)Nc2cccc(C3=CC=CC(NC(=O)c4nc5c(n4C)CCN(CCC46CCC(C(=O)O)(CC4)C6)C5)C3(Cl)Cl)c2)nc2c1CCN(CCCCC(=O)O)C2. The Hall–Kier alpha value is -4.50. The second-order valence-electron chi connectivity index (χ2n) is 17.3. The van der Waals surface area contributed by atoms with E-state index in [4.69, 9.17) is 38.3 Å². The fourth-order valence-electron chi connectivity index (χ4n) is 10.2. The second kappa shape index (κ2) is 16.2. The monoisotopic (exact) mass is 846 g/mol. The number of aliphatic carboxylic acids is 2. The predicted octanol–water partition coefficient (Wildman–Crippen LogP) is 5.73. The van der Waals surface area contributed by atoms with Crippen LogP contribution in [-0.2, 0) is 49.6 Å². The predicted molar refractivity (Wildman–Crippen MR) is 223 cm³/mol. The summed E-state index contributed by atoms with van der Waals surface area (Å²) in [6, 6.07) is 6.45. The number of carbonyl (C=O) groups excluding carboxylic acids is 2. The van der Waals surface area contributed by atoms with Crippen LogP contribution in [0.15, 0.2) is 42.5 Å². The lowest BCUT2D eigenvalue weighted by molar-refractivity contribution is -0.148. The molecule has 4 heterocycles. The zero-order chi connectivity index (χ0) is 41.7. The summed E-state index contributed by atoms with van der Waals surface area (Å²) in [7, 11) is 3.70. The molecule has 2 saturated carbocycles. The van der Waals surface area contributed by atoms with Gasteiger partial charge in [0.15, 0.2) is 16.0 Å². The number of fused-ring (bicyclic) bond motifs is 4. The Morgan fingerprint density at radius 3 is 2.14 bits per heavy atom. The highest BCUT2D eigenvalue weighted by atomic mass is 35.5. The van der Waals surface area contributed by atoms with Crippen molar-refractivity contribution in [3.8, 4) is 0 Å². The van der Waals surface area contributed by atoms with Gasteiger partial charge in [-0.15, -0.1) is 0 Å². The highest BCUT2D eigenvalue weighted by molar-refractivity contribution is 6.55. The van der Waals surface area contributed by atoms with Gasteiger partial charge in [-0.25, -0.2) is 9.97 Å². The molecular formula is C43H52Cl2N8O6. The van der Waals surface area contributed by atoms with Crippen molar-refractivity contribution in [2.24, 2.45) is 24.9 Å². The van der Waals surface area contributed by atoms with Gasteiger partial charge in [-0.3, -0.25) is 29.0 Å². The topological polar surface area (TPSA) is 175 Å². The number of halogens is 2. The lowest BCUT2D eigenvalue weighted by Crippen LogP contribution is -2.47. The van der Waals surface area contributed by atoms with Gasteiger partial charge < -0.3 is 30.0 Å². The van der Waals surface area contributed by atoms with Gasteiger partial charge in [0.2, 0.25) is 0 Å². The van der Waals surface area contributed by atoms with E-state index >= 15 is 0 Å². The molecule has 0 radical (unpaired) electrons. The Labute approximate surface area is 353 Å². The number of rotatable bonds is 14. The smallest absolute Gasteiger partial charge is 0.309 e. The Morgan fingerprint density at radius 1 is 0.864 bits per heavy atom. The first-order chi connectivity index (χ1) is 28.2. The van der Waals surface area contributed by atoms with Gasteiger partial charge in [-0.1, -0.05) is 53.6 Å². The highest BCUT2D eigenvalue weighted by Crippen LogP contribution is 2.63. The number of hydrogen-bond acceptors (Lipinski definition) is 8. The van der Waals surface area contributed by atoms with Crippen molar-refractivity contribution in [2.45, 2.75) is 94.1 Å². The van der Waals surface area contributed by atoms with Gasteiger partial charge >= 0.3 is 11.9 Å². The van der Waals surface area contributed by atoms with Crippen LogP contribution in [0.1, 0.15) is 107 Å². The number of nitrogens with zero attached hydrogens (tertiary/aromatic N) is 6. The minimum absolute atomic E-state index is 0.122. The quantitative estimate of drug-likeness (QED) is 0.116. The van der Waals surface area contributed by atoms with E-state index < -0.39 is 33.6 Å². The van der Waals surface area contributed by atoms with Gasteiger partial charge in [0.25, 0.3) is 11.8 Å². The number of allylic oxidation sites excluding steroid dienone is 2. The Bertz CT molecular complexity index is 2230. The van der Waals surface area contributed by atoms with Gasteiger partial charge in [-0.05, 0) is 93.1 Å². The number of carbonyl (C=O) groups is 4. The number of nitrogens with one attached hydrogen (secondary N) is 2. The molecule has 14 nitrogen and oxygen atoms in total.